The fraction of sp³-hybridized carbons (Fsp3) is 0.379. The topological polar surface area (TPSA) is 86.0 Å². The van der Waals surface area contributed by atoms with Crippen LogP contribution in [0.1, 0.15) is 57.9 Å². The van der Waals surface area contributed by atoms with Crippen molar-refractivity contribution in [3.63, 3.8) is 0 Å². The van der Waals surface area contributed by atoms with Gasteiger partial charge in [0.2, 0.25) is 0 Å². The highest BCUT2D eigenvalue weighted by Gasteiger charge is 2.23. The number of piperazine rings is 1. The summed E-state index contributed by atoms with van der Waals surface area (Å²) in [6.45, 7) is 7.39. The van der Waals surface area contributed by atoms with E-state index in [1.807, 2.05) is 12.1 Å². The van der Waals surface area contributed by atoms with Gasteiger partial charge in [0.25, 0.3) is 5.91 Å². The normalized spacial score (nSPS) is 13.6. The van der Waals surface area contributed by atoms with E-state index in [-0.39, 0.29) is 24.1 Å². The van der Waals surface area contributed by atoms with Crippen LogP contribution in [0.4, 0.5) is 17.1 Å². The Morgan fingerprint density at radius 1 is 0.889 bits per heavy atom. The summed E-state index contributed by atoms with van der Waals surface area (Å²) in [5.74, 6) is 0.603. The number of furan rings is 1. The Morgan fingerprint density at radius 3 is 2.28 bits per heavy atom. The number of aliphatic hydroxyl groups excluding tert-OH is 1. The SMILES string of the molecule is Cc1ccc(C(=O)Nc2cc(C(=O)CCCCCO)ccc2N2CCN(c3ccccc3C)CC2)o1. The lowest BCUT2D eigenvalue weighted by atomic mass is 10.0. The van der Waals surface area contributed by atoms with Gasteiger partial charge >= 0.3 is 0 Å². The van der Waals surface area contributed by atoms with Crippen molar-refractivity contribution in [1.82, 2.24) is 0 Å². The number of nitrogens with zero attached hydrogens (tertiary/aromatic N) is 2. The highest BCUT2D eigenvalue weighted by molar-refractivity contribution is 6.06. The Morgan fingerprint density at radius 2 is 1.61 bits per heavy atom. The van der Waals surface area contributed by atoms with Crippen molar-refractivity contribution < 1.29 is 19.1 Å². The van der Waals surface area contributed by atoms with Crippen molar-refractivity contribution in [2.24, 2.45) is 0 Å². The van der Waals surface area contributed by atoms with Crippen molar-refractivity contribution >= 4 is 28.8 Å². The molecule has 0 atom stereocenters. The fourth-order valence-electron chi connectivity index (χ4n) is 4.65. The Balaban J connectivity index is 1.53. The van der Waals surface area contributed by atoms with Crippen molar-refractivity contribution in [1.29, 1.82) is 0 Å². The number of para-hydroxylation sites is 1. The van der Waals surface area contributed by atoms with Crippen molar-refractivity contribution in [2.45, 2.75) is 39.5 Å². The Labute approximate surface area is 212 Å². The first-order valence-electron chi connectivity index (χ1n) is 12.7. The molecule has 1 aromatic heterocycles. The van der Waals surface area contributed by atoms with E-state index >= 15 is 0 Å². The summed E-state index contributed by atoms with van der Waals surface area (Å²) in [7, 11) is 0. The molecule has 1 fully saturated rings. The van der Waals surface area contributed by atoms with Gasteiger partial charge in [0.05, 0.1) is 11.4 Å². The molecular formula is C29H35N3O4. The molecule has 0 bridgehead atoms. The lowest BCUT2D eigenvalue weighted by Gasteiger charge is -2.38. The number of benzene rings is 2. The van der Waals surface area contributed by atoms with E-state index in [0.29, 0.717) is 29.9 Å². The highest BCUT2D eigenvalue weighted by Crippen LogP contribution is 2.31. The highest BCUT2D eigenvalue weighted by atomic mass is 16.3. The third-order valence-electron chi connectivity index (χ3n) is 6.67. The van der Waals surface area contributed by atoms with Crippen LogP contribution in [0.2, 0.25) is 0 Å². The van der Waals surface area contributed by atoms with Crippen molar-refractivity contribution in [3.05, 3.63) is 77.2 Å². The summed E-state index contributed by atoms with van der Waals surface area (Å²) < 4.78 is 5.51. The summed E-state index contributed by atoms with van der Waals surface area (Å²) in [5, 5.41) is 12.0. The second-order valence-electron chi connectivity index (χ2n) is 9.31. The molecule has 2 aromatic carbocycles. The number of ketones is 1. The van der Waals surface area contributed by atoms with Crippen LogP contribution >= 0.6 is 0 Å². The van der Waals surface area contributed by atoms with Gasteiger partial charge in [-0.05, 0) is 68.7 Å². The second kappa shape index (κ2) is 11.9. The van der Waals surface area contributed by atoms with Gasteiger partial charge in [0.1, 0.15) is 5.76 Å². The van der Waals surface area contributed by atoms with Crippen molar-refractivity contribution in [3.8, 4) is 0 Å². The van der Waals surface area contributed by atoms with E-state index in [4.69, 9.17) is 9.52 Å². The van der Waals surface area contributed by atoms with E-state index in [2.05, 4.69) is 46.3 Å². The molecule has 36 heavy (non-hydrogen) atoms. The number of aliphatic hydroxyl groups is 1. The molecule has 2 N–H and O–H groups in total. The van der Waals surface area contributed by atoms with Crippen LogP contribution in [0.15, 0.2) is 59.0 Å². The maximum absolute atomic E-state index is 12.9. The van der Waals surface area contributed by atoms with Gasteiger partial charge in [0, 0.05) is 50.5 Å². The number of rotatable bonds is 10. The van der Waals surface area contributed by atoms with Gasteiger partial charge in [-0.25, -0.2) is 0 Å². The van der Waals surface area contributed by atoms with Crippen LogP contribution in [-0.2, 0) is 0 Å². The van der Waals surface area contributed by atoms with Gasteiger partial charge in [-0.2, -0.15) is 0 Å². The molecule has 4 rings (SSSR count). The average Bonchev–Trinajstić information content (AvgIpc) is 3.33. The molecule has 7 heteroatoms. The number of hydrogen-bond donors (Lipinski definition) is 2. The largest absolute Gasteiger partial charge is 0.456 e. The zero-order chi connectivity index (χ0) is 25.5. The zero-order valence-corrected chi connectivity index (χ0v) is 21.1. The van der Waals surface area contributed by atoms with Crippen LogP contribution in [-0.4, -0.2) is 49.6 Å². The van der Waals surface area contributed by atoms with E-state index < -0.39 is 0 Å². The average molecular weight is 490 g/mol. The standard InChI is InChI=1S/C29H35N3O4/c1-21-8-5-6-9-25(21)31-15-17-32(18-16-31)26-13-12-23(27(34)10-4-3-7-19-33)20-24(26)30-29(35)28-14-11-22(2)36-28/h5-6,8-9,11-14,20,33H,3-4,7,10,15-19H2,1-2H3,(H,30,35). The van der Waals surface area contributed by atoms with Gasteiger partial charge in [-0.15, -0.1) is 0 Å². The summed E-state index contributed by atoms with van der Waals surface area (Å²) >= 11 is 0. The fourth-order valence-corrected chi connectivity index (χ4v) is 4.65. The minimum Gasteiger partial charge on any atom is -0.456 e. The molecule has 7 nitrogen and oxygen atoms in total. The number of nitrogens with one attached hydrogen (secondary N) is 1. The summed E-state index contributed by atoms with van der Waals surface area (Å²) in [4.78, 5) is 30.4. The van der Waals surface area contributed by atoms with E-state index in [9.17, 15) is 9.59 Å². The smallest absolute Gasteiger partial charge is 0.291 e. The molecule has 1 aliphatic heterocycles. The first kappa shape index (κ1) is 25.5. The van der Waals surface area contributed by atoms with Crippen LogP contribution in [0.5, 0.6) is 0 Å². The molecule has 0 aliphatic carbocycles. The number of anilines is 3. The quantitative estimate of drug-likeness (QED) is 0.300. The number of carbonyl (C=O) groups is 2. The molecule has 1 amide bonds. The van der Waals surface area contributed by atoms with Crippen LogP contribution in [0, 0.1) is 13.8 Å². The summed E-state index contributed by atoms with van der Waals surface area (Å²) in [6.07, 6.45) is 2.66. The van der Waals surface area contributed by atoms with Crippen LogP contribution < -0.4 is 15.1 Å². The molecule has 3 aromatic rings. The van der Waals surface area contributed by atoms with Gasteiger partial charge in [-0.1, -0.05) is 24.6 Å². The Kier molecular flexibility index (Phi) is 8.44. The lowest BCUT2D eigenvalue weighted by molar-refractivity contribution is 0.0974. The molecule has 0 saturated carbocycles. The van der Waals surface area contributed by atoms with E-state index in [1.54, 1.807) is 25.1 Å². The van der Waals surface area contributed by atoms with Crippen molar-refractivity contribution in [2.75, 3.05) is 47.9 Å². The Bertz CT molecular complexity index is 1190. The molecule has 1 saturated heterocycles. The zero-order valence-electron chi connectivity index (χ0n) is 21.1. The first-order valence-corrected chi connectivity index (χ1v) is 12.7. The maximum atomic E-state index is 12.9. The minimum atomic E-state index is -0.338. The molecule has 190 valence electrons. The monoisotopic (exact) mass is 489 g/mol. The first-order chi connectivity index (χ1) is 17.5. The number of aryl methyl sites for hydroxylation is 2. The number of amides is 1. The Hall–Kier alpha value is -3.58. The van der Waals surface area contributed by atoms with E-state index in [1.165, 1.54) is 11.3 Å². The van der Waals surface area contributed by atoms with E-state index in [0.717, 1.165) is 44.7 Å². The number of unbranched alkanes of at least 4 members (excludes halogenated alkanes) is 2. The molecule has 0 unspecified atom stereocenters. The minimum absolute atomic E-state index is 0.0354. The van der Waals surface area contributed by atoms with Gasteiger partial charge < -0.3 is 24.6 Å². The third-order valence-corrected chi connectivity index (χ3v) is 6.67. The summed E-state index contributed by atoms with van der Waals surface area (Å²) in [5.41, 5.74) is 4.59. The summed E-state index contributed by atoms with van der Waals surface area (Å²) in [6, 6.07) is 17.4. The van der Waals surface area contributed by atoms with Gasteiger partial charge in [0.15, 0.2) is 11.5 Å². The predicted molar refractivity (Wildman–Crippen MR) is 143 cm³/mol. The lowest BCUT2D eigenvalue weighted by Crippen LogP contribution is -2.47. The predicted octanol–water partition coefficient (Wildman–Crippen LogP) is 5.21. The third kappa shape index (κ3) is 6.15. The maximum Gasteiger partial charge on any atom is 0.291 e. The molecule has 0 spiro atoms. The molecule has 1 aliphatic rings. The van der Waals surface area contributed by atoms with Crippen LogP contribution in [0.25, 0.3) is 0 Å². The molecule has 0 radical (unpaired) electrons. The van der Waals surface area contributed by atoms with Gasteiger partial charge in [-0.3, -0.25) is 9.59 Å². The van der Waals surface area contributed by atoms with Crippen LogP contribution in [0.3, 0.4) is 0 Å². The number of carbonyl (C=O) groups excluding carboxylic acids is 2. The molecular weight excluding hydrogens is 454 g/mol. The number of Topliss-reactive ketones (excluding diaryl/α,β-unsaturated/α-hetero) is 1. The molecule has 2 heterocycles. The second-order valence-corrected chi connectivity index (χ2v) is 9.31. The number of hydrogen-bond acceptors (Lipinski definition) is 6.